The van der Waals surface area contributed by atoms with Crippen LogP contribution in [0.2, 0.25) is 0 Å². The maximum absolute atomic E-state index is 12.7. The largest absolute Gasteiger partial charge is 0.357 e. The lowest BCUT2D eigenvalue weighted by Gasteiger charge is -2.25. The van der Waals surface area contributed by atoms with Crippen LogP contribution in [0.5, 0.6) is 0 Å². The fraction of sp³-hybridized carbons (Fsp3) is 0.250. The predicted octanol–water partition coefficient (Wildman–Crippen LogP) is 3.28. The van der Waals surface area contributed by atoms with E-state index in [1.165, 1.54) is 22.3 Å². The molecule has 0 radical (unpaired) electrons. The lowest BCUT2D eigenvalue weighted by molar-refractivity contribution is 0.389. The van der Waals surface area contributed by atoms with Crippen LogP contribution in [-0.4, -0.2) is 24.3 Å². The Morgan fingerprint density at radius 3 is 2.77 bits per heavy atom. The number of rotatable bonds is 2. The average Bonchev–Trinajstić information content (AvgIpc) is 3.10. The summed E-state index contributed by atoms with van der Waals surface area (Å²) < 4.78 is 27.5. The minimum atomic E-state index is -3.39. The van der Waals surface area contributed by atoms with Gasteiger partial charge in [-0.3, -0.25) is 0 Å². The zero-order valence-corrected chi connectivity index (χ0v) is 13.8. The van der Waals surface area contributed by atoms with Crippen molar-refractivity contribution in [3.63, 3.8) is 0 Å². The third-order valence-electron chi connectivity index (χ3n) is 4.16. The van der Waals surface area contributed by atoms with Crippen molar-refractivity contribution in [3.05, 3.63) is 52.5 Å². The van der Waals surface area contributed by atoms with Gasteiger partial charge in [-0.1, -0.05) is 18.2 Å². The van der Waals surface area contributed by atoms with Crippen molar-refractivity contribution < 1.29 is 8.42 Å². The van der Waals surface area contributed by atoms with Gasteiger partial charge < -0.3 is 4.98 Å². The van der Waals surface area contributed by atoms with Crippen LogP contribution < -0.4 is 0 Å². The summed E-state index contributed by atoms with van der Waals surface area (Å²) in [6, 6.07) is 11.7. The normalized spacial score (nSPS) is 16.0. The zero-order valence-electron chi connectivity index (χ0n) is 12.2. The summed E-state index contributed by atoms with van der Waals surface area (Å²) >= 11 is 1.33. The van der Waals surface area contributed by atoms with Crippen LogP contribution in [0.25, 0.3) is 10.9 Å². The van der Waals surface area contributed by atoms with Crippen molar-refractivity contribution in [3.8, 4) is 0 Å². The van der Waals surface area contributed by atoms with E-state index >= 15 is 0 Å². The molecule has 2 aromatic heterocycles. The molecule has 3 heterocycles. The molecule has 0 saturated heterocycles. The van der Waals surface area contributed by atoms with Gasteiger partial charge in [0, 0.05) is 28.0 Å². The minimum absolute atomic E-state index is 0.420. The molecule has 4 rings (SSSR count). The van der Waals surface area contributed by atoms with Crippen molar-refractivity contribution in [2.75, 3.05) is 6.54 Å². The van der Waals surface area contributed by atoms with E-state index < -0.39 is 10.0 Å². The van der Waals surface area contributed by atoms with E-state index in [1.807, 2.05) is 31.2 Å². The van der Waals surface area contributed by atoms with Crippen molar-refractivity contribution in [1.82, 2.24) is 9.29 Å². The number of thiophene rings is 1. The summed E-state index contributed by atoms with van der Waals surface area (Å²) in [4.78, 5) is 4.39. The molecule has 0 fully saturated rings. The molecule has 0 spiro atoms. The number of fused-ring (bicyclic) bond motifs is 3. The number of H-pyrrole nitrogens is 1. The number of hydrogen-bond donors (Lipinski definition) is 1. The Labute approximate surface area is 133 Å². The van der Waals surface area contributed by atoms with Gasteiger partial charge in [0.2, 0.25) is 0 Å². The molecule has 6 heteroatoms. The first kappa shape index (κ1) is 14.0. The van der Waals surface area contributed by atoms with E-state index in [4.69, 9.17) is 0 Å². The summed E-state index contributed by atoms with van der Waals surface area (Å²) in [6.07, 6.45) is 0.753. The molecule has 1 N–H and O–H groups in total. The number of hydrogen-bond acceptors (Lipinski definition) is 3. The number of nitrogens with one attached hydrogen (secondary N) is 1. The molecule has 0 bridgehead atoms. The molecule has 0 amide bonds. The quantitative estimate of drug-likeness (QED) is 0.783. The highest BCUT2D eigenvalue weighted by Gasteiger charge is 2.30. The molecule has 1 aliphatic heterocycles. The fourth-order valence-electron chi connectivity index (χ4n) is 3.05. The van der Waals surface area contributed by atoms with E-state index in [-0.39, 0.29) is 0 Å². The molecule has 1 aliphatic rings. The van der Waals surface area contributed by atoms with Gasteiger partial charge in [0.25, 0.3) is 10.0 Å². The first-order chi connectivity index (χ1) is 10.6. The average molecular weight is 332 g/mol. The molecule has 0 atom stereocenters. The van der Waals surface area contributed by atoms with Gasteiger partial charge >= 0.3 is 0 Å². The summed E-state index contributed by atoms with van der Waals surface area (Å²) in [5.41, 5.74) is 3.35. The van der Waals surface area contributed by atoms with Gasteiger partial charge in [-0.05, 0) is 37.1 Å². The van der Waals surface area contributed by atoms with Crippen molar-refractivity contribution >= 4 is 32.3 Å². The van der Waals surface area contributed by atoms with Gasteiger partial charge in [0.05, 0.1) is 6.54 Å². The Morgan fingerprint density at radius 2 is 2.00 bits per heavy atom. The van der Waals surface area contributed by atoms with Gasteiger partial charge in [0.1, 0.15) is 4.21 Å². The number of aromatic amines is 1. The third-order valence-corrected chi connectivity index (χ3v) is 7.47. The van der Waals surface area contributed by atoms with Crippen LogP contribution in [0.3, 0.4) is 0 Å². The molecular formula is C16H16N2O2S2. The number of aryl methyl sites for hydroxylation is 1. The highest BCUT2D eigenvalue weighted by molar-refractivity contribution is 7.91. The topological polar surface area (TPSA) is 53.2 Å². The lowest BCUT2D eigenvalue weighted by Crippen LogP contribution is -2.35. The number of nitrogens with zero attached hydrogens (tertiary/aromatic N) is 1. The molecule has 0 aliphatic carbocycles. The molecule has 4 nitrogen and oxygen atoms in total. The smallest absolute Gasteiger partial charge is 0.252 e. The van der Waals surface area contributed by atoms with Crippen molar-refractivity contribution in [2.24, 2.45) is 0 Å². The summed E-state index contributed by atoms with van der Waals surface area (Å²) in [7, 11) is -3.39. The van der Waals surface area contributed by atoms with Crippen LogP contribution in [0, 0.1) is 6.92 Å². The van der Waals surface area contributed by atoms with Crippen LogP contribution in [0.4, 0.5) is 0 Å². The van der Waals surface area contributed by atoms with Crippen LogP contribution >= 0.6 is 11.3 Å². The van der Waals surface area contributed by atoms with Gasteiger partial charge in [-0.2, -0.15) is 4.31 Å². The Bertz CT molecular complexity index is 954. The highest BCUT2D eigenvalue weighted by Crippen LogP contribution is 2.31. The second-order valence-electron chi connectivity index (χ2n) is 5.58. The maximum atomic E-state index is 12.7. The number of benzene rings is 1. The SMILES string of the molecule is Cc1ccc(S(=O)(=O)N2CCc3c([nH]c4ccccc34)C2)s1. The second kappa shape index (κ2) is 4.94. The van der Waals surface area contributed by atoms with E-state index in [0.29, 0.717) is 17.3 Å². The minimum Gasteiger partial charge on any atom is -0.357 e. The van der Waals surface area contributed by atoms with Crippen LogP contribution in [0.15, 0.2) is 40.6 Å². The van der Waals surface area contributed by atoms with Gasteiger partial charge in [0.15, 0.2) is 0 Å². The molecular weight excluding hydrogens is 316 g/mol. The van der Waals surface area contributed by atoms with E-state index in [1.54, 1.807) is 10.4 Å². The Kier molecular flexibility index (Phi) is 3.14. The Balaban J connectivity index is 1.72. The highest BCUT2D eigenvalue weighted by atomic mass is 32.2. The fourth-order valence-corrected chi connectivity index (χ4v) is 5.90. The van der Waals surface area contributed by atoms with Crippen molar-refractivity contribution in [1.29, 1.82) is 0 Å². The molecule has 1 aromatic carbocycles. The number of para-hydroxylation sites is 1. The third kappa shape index (κ3) is 2.10. The van der Waals surface area contributed by atoms with Gasteiger partial charge in [-0.25, -0.2) is 8.42 Å². The first-order valence-electron chi connectivity index (χ1n) is 7.21. The molecule has 0 saturated carbocycles. The van der Waals surface area contributed by atoms with Gasteiger partial charge in [-0.15, -0.1) is 11.3 Å². The zero-order chi connectivity index (χ0) is 15.3. The molecule has 22 heavy (non-hydrogen) atoms. The van der Waals surface area contributed by atoms with E-state index in [0.717, 1.165) is 22.5 Å². The predicted molar refractivity (Wildman–Crippen MR) is 88.7 cm³/mol. The van der Waals surface area contributed by atoms with E-state index in [9.17, 15) is 8.42 Å². The second-order valence-corrected chi connectivity index (χ2v) is 9.03. The number of sulfonamides is 1. The van der Waals surface area contributed by atoms with E-state index in [2.05, 4.69) is 11.1 Å². The van der Waals surface area contributed by atoms with Crippen molar-refractivity contribution in [2.45, 2.75) is 24.1 Å². The first-order valence-corrected chi connectivity index (χ1v) is 9.46. The van der Waals surface area contributed by atoms with Crippen LogP contribution in [0.1, 0.15) is 16.1 Å². The van der Waals surface area contributed by atoms with Crippen LogP contribution in [-0.2, 0) is 23.0 Å². The molecule has 0 unspecified atom stereocenters. The summed E-state index contributed by atoms with van der Waals surface area (Å²) in [6.45, 7) is 2.88. The summed E-state index contributed by atoms with van der Waals surface area (Å²) in [5.74, 6) is 0. The Hall–Kier alpha value is -1.63. The monoisotopic (exact) mass is 332 g/mol. The summed E-state index contributed by atoms with van der Waals surface area (Å²) in [5, 5.41) is 1.21. The number of aromatic nitrogens is 1. The molecule has 3 aromatic rings. The molecule has 114 valence electrons. The standard InChI is InChI=1S/C16H16N2O2S2/c1-11-6-7-16(21-11)22(19,20)18-9-8-13-12-4-2-3-5-14(12)17-15(13)10-18/h2-7,17H,8-10H2,1H3. The Morgan fingerprint density at radius 1 is 1.18 bits per heavy atom. The maximum Gasteiger partial charge on any atom is 0.252 e. The lowest BCUT2D eigenvalue weighted by atomic mass is 10.1.